The van der Waals surface area contributed by atoms with Crippen molar-refractivity contribution in [1.29, 1.82) is 0 Å². The Morgan fingerprint density at radius 3 is 2.71 bits per heavy atom. The van der Waals surface area contributed by atoms with Crippen LogP contribution >= 0.6 is 27.3 Å². The second-order valence-electron chi connectivity index (χ2n) is 5.02. The summed E-state index contributed by atoms with van der Waals surface area (Å²) in [5.74, 6) is -0.190. The normalized spacial score (nSPS) is 10.8. The van der Waals surface area contributed by atoms with Gasteiger partial charge in [-0.25, -0.2) is 4.39 Å². The number of benzene rings is 2. The minimum absolute atomic E-state index is 0.190. The Bertz CT molecular complexity index is 776. The zero-order valence-corrected chi connectivity index (χ0v) is 14.0. The van der Waals surface area contributed by atoms with Crippen molar-refractivity contribution in [1.82, 2.24) is 0 Å². The molecule has 0 bridgehead atoms. The molecule has 1 heterocycles. The Labute approximate surface area is 136 Å². The van der Waals surface area contributed by atoms with Crippen molar-refractivity contribution < 1.29 is 4.39 Å². The number of hydrogen-bond donors (Lipinski definition) is 0. The SMILES string of the molecule is Cc1ccc(Br)cc1Cc1ccc(-c2cccc(F)c2)s1. The third-order valence-electron chi connectivity index (χ3n) is 3.45. The Kier molecular flexibility index (Phi) is 4.22. The van der Waals surface area contributed by atoms with Gasteiger partial charge in [0.15, 0.2) is 0 Å². The number of hydrogen-bond acceptors (Lipinski definition) is 1. The maximum absolute atomic E-state index is 13.3. The van der Waals surface area contributed by atoms with Gasteiger partial charge in [-0.2, -0.15) is 0 Å². The molecule has 3 heteroatoms. The minimum Gasteiger partial charge on any atom is -0.207 e. The van der Waals surface area contributed by atoms with E-state index < -0.39 is 0 Å². The van der Waals surface area contributed by atoms with Crippen molar-refractivity contribution in [2.45, 2.75) is 13.3 Å². The lowest BCUT2D eigenvalue weighted by Crippen LogP contribution is -1.89. The predicted octanol–water partition coefficient (Wildman–Crippen LogP) is 6.22. The molecule has 0 nitrogen and oxygen atoms in total. The number of halogens is 2. The van der Waals surface area contributed by atoms with Crippen molar-refractivity contribution in [2.24, 2.45) is 0 Å². The van der Waals surface area contributed by atoms with E-state index in [0.717, 1.165) is 21.3 Å². The lowest BCUT2D eigenvalue weighted by atomic mass is 10.1. The van der Waals surface area contributed by atoms with Crippen LogP contribution in [0.15, 0.2) is 59.1 Å². The van der Waals surface area contributed by atoms with Crippen LogP contribution in [0.4, 0.5) is 4.39 Å². The first kappa shape index (κ1) is 14.5. The molecule has 1 aromatic heterocycles. The van der Waals surface area contributed by atoms with Gasteiger partial charge < -0.3 is 0 Å². The van der Waals surface area contributed by atoms with Gasteiger partial charge in [0.25, 0.3) is 0 Å². The van der Waals surface area contributed by atoms with Crippen LogP contribution in [0, 0.1) is 12.7 Å². The van der Waals surface area contributed by atoms with Crippen molar-refractivity contribution in [3.8, 4) is 10.4 Å². The first-order chi connectivity index (χ1) is 10.1. The molecule has 106 valence electrons. The maximum Gasteiger partial charge on any atom is 0.123 e. The molecular formula is C18H14BrFS. The van der Waals surface area contributed by atoms with Crippen LogP contribution in [0.25, 0.3) is 10.4 Å². The highest BCUT2D eigenvalue weighted by molar-refractivity contribution is 9.10. The lowest BCUT2D eigenvalue weighted by molar-refractivity contribution is 0.628. The van der Waals surface area contributed by atoms with Crippen molar-refractivity contribution in [3.63, 3.8) is 0 Å². The van der Waals surface area contributed by atoms with Gasteiger partial charge in [0, 0.05) is 20.6 Å². The third-order valence-corrected chi connectivity index (χ3v) is 5.07. The molecule has 0 fully saturated rings. The summed E-state index contributed by atoms with van der Waals surface area (Å²) >= 11 is 5.24. The zero-order valence-electron chi connectivity index (χ0n) is 11.6. The first-order valence-electron chi connectivity index (χ1n) is 6.71. The standard InChI is InChI=1S/C18H14BrFS/c1-12-5-6-15(19)9-14(12)11-17-7-8-18(21-17)13-3-2-4-16(20)10-13/h2-10H,11H2,1H3. The number of aryl methyl sites for hydroxylation is 1. The Balaban J connectivity index is 1.87. The summed E-state index contributed by atoms with van der Waals surface area (Å²) in [5, 5.41) is 0. The largest absolute Gasteiger partial charge is 0.207 e. The van der Waals surface area contributed by atoms with Gasteiger partial charge in [0.2, 0.25) is 0 Å². The van der Waals surface area contributed by atoms with E-state index in [2.05, 4.69) is 53.2 Å². The van der Waals surface area contributed by atoms with E-state index in [1.165, 1.54) is 22.1 Å². The average Bonchev–Trinajstić information content (AvgIpc) is 2.91. The fraction of sp³-hybridized carbons (Fsp3) is 0.111. The van der Waals surface area contributed by atoms with Crippen LogP contribution in [0.1, 0.15) is 16.0 Å². The van der Waals surface area contributed by atoms with E-state index >= 15 is 0 Å². The Morgan fingerprint density at radius 2 is 1.90 bits per heavy atom. The third kappa shape index (κ3) is 3.42. The molecule has 0 aliphatic heterocycles. The molecular weight excluding hydrogens is 347 g/mol. The van der Waals surface area contributed by atoms with Gasteiger partial charge in [-0.1, -0.05) is 34.1 Å². The van der Waals surface area contributed by atoms with Gasteiger partial charge in [-0.15, -0.1) is 11.3 Å². The molecule has 0 saturated carbocycles. The van der Waals surface area contributed by atoms with Gasteiger partial charge >= 0.3 is 0 Å². The summed E-state index contributed by atoms with van der Waals surface area (Å²) < 4.78 is 14.4. The molecule has 0 saturated heterocycles. The van der Waals surface area contributed by atoms with Gasteiger partial charge in [-0.05, 0) is 60.0 Å². The van der Waals surface area contributed by atoms with Crippen LogP contribution in [0.5, 0.6) is 0 Å². The highest BCUT2D eigenvalue weighted by atomic mass is 79.9. The van der Waals surface area contributed by atoms with Gasteiger partial charge in [0.1, 0.15) is 5.82 Å². The van der Waals surface area contributed by atoms with Crippen LogP contribution in [0.2, 0.25) is 0 Å². The van der Waals surface area contributed by atoms with Crippen molar-refractivity contribution in [2.75, 3.05) is 0 Å². The molecule has 0 aliphatic carbocycles. The van der Waals surface area contributed by atoms with E-state index in [9.17, 15) is 4.39 Å². The molecule has 2 aromatic carbocycles. The van der Waals surface area contributed by atoms with Crippen molar-refractivity contribution >= 4 is 27.3 Å². The van der Waals surface area contributed by atoms with Gasteiger partial charge in [0.05, 0.1) is 0 Å². The summed E-state index contributed by atoms with van der Waals surface area (Å²) in [6.45, 7) is 2.13. The molecule has 3 aromatic rings. The molecule has 0 amide bonds. The smallest absolute Gasteiger partial charge is 0.123 e. The maximum atomic E-state index is 13.3. The fourth-order valence-corrected chi connectivity index (χ4v) is 3.72. The first-order valence-corrected chi connectivity index (χ1v) is 8.32. The summed E-state index contributed by atoms with van der Waals surface area (Å²) in [5.41, 5.74) is 3.55. The fourth-order valence-electron chi connectivity index (χ4n) is 2.29. The molecule has 21 heavy (non-hydrogen) atoms. The minimum atomic E-state index is -0.190. The van der Waals surface area contributed by atoms with Crippen molar-refractivity contribution in [3.05, 3.63) is 80.9 Å². The molecule has 0 atom stereocenters. The highest BCUT2D eigenvalue weighted by Gasteiger charge is 2.06. The molecule has 0 N–H and O–H groups in total. The average molecular weight is 361 g/mol. The number of rotatable bonds is 3. The van der Waals surface area contributed by atoms with E-state index in [1.807, 2.05) is 6.07 Å². The second kappa shape index (κ2) is 6.12. The lowest BCUT2D eigenvalue weighted by Gasteiger charge is -2.04. The topological polar surface area (TPSA) is 0 Å². The summed E-state index contributed by atoms with van der Waals surface area (Å²) in [6.07, 6.45) is 0.908. The van der Waals surface area contributed by atoms with Gasteiger partial charge in [-0.3, -0.25) is 0 Å². The predicted molar refractivity (Wildman–Crippen MR) is 91.4 cm³/mol. The van der Waals surface area contributed by atoms with Crippen LogP contribution in [-0.2, 0) is 6.42 Å². The summed E-state index contributed by atoms with van der Waals surface area (Å²) in [7, 11) is 0. The summed E-state index contributed by atoms with van der Waals surface area (Å²) in [6, 6.07) is 17.3. The van der Waals surface area contributed by atoms with Crippen LogP contribution < -0.4 is 0 Å². The van der Waals surface area contributed by atoms with E-state index in [0.29, 0.717) is 0 Å². The Morgan fingerprint density at radius 1 is 1.05 bits per heavy atom. The second-order valence-corrected chi connectivity index (χ2v) is 7.11. The van der Waals surface area contributed by atoms with E-state index in [-0.39, 0.29) is 5.82 Å². The quantitative estimate of drug-likeness (QED) is 0.520. The van der Waals surface area contributed by atoms with E-state index in [4.69, 9.17) is 0 Å². The van der Waals surface area contributed by atoms with Crippen LogP contribution in [-0.4, -0.2) is 0 Å². The monoisotopic (exact) mass is 360 g/mol. The summed E-state index contributed by atoms with van der Waals surface area (Å²) in [4.78, 5) is 2.40. The molecule has 0 unspecified atom stereocenters. The van der Waals surface area contributed by atoms with Crippen LogP contribution in [0.3, 0.4) is 0 Å². The molecule has 0 aliphatic rings. The highest BCUT2D eigenvalue weighted by Crippen LogP contribution is 2.30. The molecule has 3 rings (SSSR count). The molecule has 0 spiro atoms. The zero-order chi connectivity index (χ0) is 14.8. The van der Waals surface area contributed by atoms with E-state index in [1.54, 1.807) is 23.5 Å². The molecule has 0 radical (unpaired) electrons. The Hall–Kier alpha value is -1.45. The number of thiophene rings is 1.